The van der Waals surface area contributed by atoms with Crippen molar-refractivity contribution >= 4 is 29.0 Å². The molecule has 25 heavy (non-hydrogen) atoms. The van der Waals surface area contributed by atoms with Crippen LogP contribution < -0.4 is 10.6 Å². The minimum absolute atomic E-state index is 0.485. The van der Waals surface area contributed by atoms with Crippen LogP contribution in [0.2, 0.25) is 5.02 Å². The molecule has 2 amide bonds. The lowest BCUT2D eigenvalue weighted by molar-refractivity contribution is 0.0257. The predicted molar refractivity (Wildman–Crippen MR) is 93.3 cm³/mol. The summed E-state index contributed by atoms with van der Waals surface area (Å²) in [7, 11) is 0. The summed E-state index contributed by atoms with van der Waals surface area (Å²) < 4.78 is 27.4. The number of anilines is 1. The first-order valence-corrected chi connectivity index (χ1v) is 7.85. The first-order chi connectivity index (χ1) is 11.8. The summed E-state index contributed by atoms with van der Waals surface area (Å²) in [5, 5.41) is 5.26. The number of alkyl halides is 2. The molecule has 0 saturated carbocycles. The lowest BCUT2D eigenvalue weighted by atomic mass is 10.1. The molecule has 0 aliphatic heterocycles. The van der Waals surface area contributed by atoms with Gasteiger partial charge in [-0.1, -0.05) is 23.7 Å². The number of imidazole rings is 1. The summed E-state index contributed by atoms with van der Waals surface area (Å²) in [5.74, 6) is -2.96. The van der Waals surface area contributed by atoms with Crippen LogP contribution in [0.5, 0.6) is 0 Å². The molecule has 130 valence electrons. The Balaban J connectivity index is 1.80. The summed E-state index contributed by atoms with van der Waals surface area (Å²) >= 11 is 5.96. The van der Waals surface area contributed by atoms with Gasteiger partial charge in [0.2, 0.25) is 0 Å². The third-order valence-corrected chi connectivity index (χ3v) is 3.69. The number of aromatic nitrogens is 2. The van der Waals surface area contributed by atoms with E-state index in [0.717, 1.165) is 18.2 Å². The van der Waals surface area contributed by atoms with Crippen LogP contribution in [-0.2, 0) is 0 Å². The van der Waals surface area contributed by atoms with E-state index in [2.05, 4.69) is 15.6 Å². The number of halogens is 3. The molecule has 0 atom stereocenters. The standard InChI is InChI=1S/C17H15ClF2N4O/c1-17(19,20)10-22-16(25)23-13-4-2-3-11(7-13)14-9-21-15-8-12(18)5-6-24(14)15/h2-9H,10H2,1H3,(H2,22,23,25). The van der Waals surface area contributed by atoms with Crippen molar-refractivity contribution in [1.29, 1.82) is 0 Å². The zero-order valence-corrected chi connectivity index (χ0v) is 14.0. The molecule has 8 heteroatoms. The lowest BCUT2D eigenvalue weighted by Gasteiger charge is -2.12. The van der Waals surface area contributed by atoms with Crippen molar-refractivity contribution in [2.75, 3.05) is 11.9 Å². The Morgan fingerprint density at radius 1 is 1.32 bits per heavy atom. The Bertz CT molecular complexity index is 920. The van der Waals surface area contributed by atoms with Gasteiger partial charge in [0.1, 0.15) is 5.65 Å². The molecular weight excluding hydrogens is 350 g/mol. The van der Waals surface area contributed by atoms with Gasteiger partial charge in [0.05, 0.1) is 18.4 Å². The lowest BCUT2D eigenvalue weighted by Crippen LogP contribution is -2.37. The second-order valence-corrected chi connectivity index (χ2v) is 6.11. The highest BCUT2D eigenvalue weighted by atomic mass is 35.5. The summed E-state index contributed by atoms with van der Waals surface area (Å²) in [6.07, 6.45) is 3.50. The fraction of sp³-hybridized carbons (Fsp3) is 0.176. The van der Waals surface area contributed by atoms with Crippen molar-refractivity contribution in [2.45, 2.75) is 12.8 Å². The van der Waals surface area contributed by atoms with Crippen LogP contribution in [0.4, 0.5) is 19.3 Å². The van der Waals surface area contributed by atoms with Crippen LogP contribution in [0.3, 0.4) is 0 Å². The number of urea groups is 1. The second-order valence-electron chi connectivity index (χ2n) is 5.68. The average Bonchev–Trinajstić information content (AvgIpc) is 2.95. The van der Waals surface area contributed by atoms with Crippen LogP contribution >= 0.6 is 11.6 Å². The van der Waals surface area contributed by atoms with Crippen molar-refractivity contribution in [3.8, 4) is 11.3 Å². The number of rotatable bonds is 4. The predicted octanol–water partition coefficient (Wildman–Crippen LogP) is 4.43. The highest BCUT2D eigenvalue weighted by Crippen LogP contribution is 2.25. The Labute approximate surface area is 147 Å². The first kappa shape index (κ1) is 17.2. The number of carbonyl (C=O) groups is 1. The number of nitrogens with zero attached hydrogens (tertiary/aromatic N) is 2. The van der Waals surface area contributed by atoms with E-state index in [1.165, 1.54) is 0 Å². The minimum Gasteiger partial charge on any atom is -0.332 e. The van der Waals surface area contributed by atoms with E-state index in [9.17, 15) is 13.6 Å². The zero-order valence-electron chi connectivity index (χ0n) is 13.3. The maximum atomic E-state index is 12.8. The van der Waals surface area contributed by atoms with Gasteiger partial charge in [0.15, 0.2) is 0 Å². The number of carbonyl (C=O) groups excluding carboxylic acids is 1. The quantitative estimate of drug-likeness (QED) is 0.719. The van der Waals surface area contributed by atoms with E-state index in [-0.39, 0.29) is 0 Å². The summed E-state index contributed by atoms with van der Waals surface area (Å²) in [5.41, 5.74) is 2.81. The van der Waals surface area contributed by atoms with Crippen LogP contribution in [0.15, 0.2) is 48.8 Å². The molecule has 3 rings (SSSR count). The maximum absolute atomic E-state index is 12.8. The molecule has 2 heterocycles. The zero-order chi connectivity index (χ0) is 18.0. The largest absolute Gasteiger partial charge is 0.332 e. The molecule has 0 aliphatic rings. The molecule has 0 spiro atoms. The van der Waals surface area contributed by atoms with Gasteiger partial charge in [-0.05, 0) is 18.2 Å². The molecule has 1 aromatic carbocycles. The minimum atomic E-state index is -2.96. The number of hydrogen-bond acceptors (Lipinski definition) is 2. The van der Waals surface area contributed by atoms with Gasteiger partial charge in [0.25, 0.3) is 5.92 Å². The van der Waals surface area contributed by atoms with Crippen LogP contribution in [0, 0.1) is 0 Å². The smallest absolute Gasteiger partial charge is 0.319 e. The number of benzene rings is 1. The highest BCUT2D eigenvalue weighted by molar-refractivity contribution is 6.30. The van der Waals surface area contributed by atoms with Crippen LogP contribution in [-0.4, -0.2) is 27.9 Å². The molecular formula is C17H15ClF2N4O. The third kappa shape index (κ3) is 4.24. The number of hydrogen-bond donors (Lipinski definition) is 2. The molecule has 0 unspecified atom stereocenters. The Kier molecular flexibility index (Phi) is 4.59. The maximum Gasteiger partial charge on any atom is 0.319 e. The van der Waals surface area contributed by atoms with Crippen molar-refractivity contribution in [3.05, 3.63) is 53.8 Å². The van der Waals surface area contributed by atoms with E-state index in [1.54, 1.807) is 42.7 Å². The fourth-order valence-corrected chi connectivity index (χ4v) is 2.49. The fourth-order valence-electron chi connectivity index (χ4n) is 2.34. The molecule has 0 radical (unpaired) electrons. The Morgan fingerprint density at radius 2 is 2.12 bits per heavy atom. The molecule has 0 saturated heterocycles. The van der Waals surface area contributed by atoms with Gasteiger partial charge in [-0.15, -0.1) is 0 Å². The van der Waals surface area contributed by atoms with Gasteiger partial charge in [-0.2, -0.15) is 0 Å². The third-order valence-electron chi connectivity index (χ3n) is 3.45. The second kappa shape index (κ2) is 6.68. The molecule has 2 aromatic heterocycles. The van der Waals surface area contributed by atoms with Crippen molar-refractivity contribution < 1.29 is 13.6 Å². The Morgan fingerprint density at radius 3 is 2.88 bits per heavy atom. The molecule has 3 aromatic rings. The number of amides is 2. The van der Waals surface area contributed by atoms with E-state index in [0.29, 0.717) is 16.4 Å². The Hall–Kier alpha value is -2.67. The van der Waals surface area contributed by atoms with Gasteiger partial charge < -0.3 is 10.6 Å². The SMILES string of the molecule is CC(F)(F)CNC(=O)Nc1cccc(-c2cnc3cc(Cl)ccn23)c1. The monoisotopic (exact) mass is 364 g/mol. The molecule has 5 nitrogen and oxygen atoms in total. The first-order valence-electron chi connectivity index (χ1n) is 7.47. The topological polar surface area (TPSA) is 58.4 Å². The summed E-state index contributed by atoms with van der Waals surface area (Å²) in [4.78, 5) is 16.0. The normalized spacial score (nSPS) is 11.5. The van der Waals surface area contributed by atoms with E-state index < -0.39 is 18.5 Å². The molecule has 0 fully saturated rings. The van der Waals surface area contributed by atoms with Gasteiger partial charge in [-0.3, -0.25) is 4.40 Å². The van der Waals surface area contributed by atoms with E-state index >= 15 is 0 Å². The van der Waals surface area contributed by atoms with Gasteiger partial charge in [-0.25, -0.2) is 18.6 Å². The van der Waals surface area contributed by atoms with Crippen LogP contribution in [0.25, 0.3) is 16.9 Å². The molecule has 0 aliphatic carbocycles. The molecule has 2 N–H and O–H groups in total. The van der Waals surface area contributed by atoms with Crippen molar-refractivity contribution in [2.24, 2.45) is 0 Å². The number of pyridine rings is 1. The van der Waals surface area contributed by atoms with Gasteiger partial charge in [0, 0.05) is 35.5 Å². The number of nitrogens with one attached hydrogen (secondary N) is 2. The average molecular weight is 365 g/mol. The van der Waals surface area contributed by atoms with Crippen molar-refractivity contribution in [3.63, 3.8) is 0 Å². The van der Waals surface area contributed by atoms with Gasteiger partial charge >= 0.3 is 6.03 Å². The summed E-state index contributed by atoms with van der Waals surface area (Å²) in [6.45, 7) is 0.0113. The molecule has 0 bridgehead atoms. The van der Waals surface area contributed by atoms with E-state index in [4.69, 9.17) is 11.6 Å². The highest BCUT2D eigenvalue weighted by Gasteiger charge is 2.21. The number of fused-ring (bicyclic) bond motifs is 1. The van der Waals surface area contributed by atoms with Crippen molar-refractivity contribution in [1.82, 2.24) is 14.7 Å². The van der Waals surface area contributed by atoms with Crippen LogP contribution in [0.1, 0.15) is 6.92 Å². The van der Waals surface area contributed by atoms with E-state index in [1.807, 2.05) is 10.5 Å². The summed E-state index contributed by atoms with van der Waals surface area (Å²) in [6, 6.07) is 9.83.